The number of carbonyl (C=O) groups is 2. The van der Waals surface area contributed by atoms with E-state index in [9.17, 15) is 9.59 Å². The molecule has 2 aromatic rings. The number of hydrogen-bond donors (Lipinski definition) is 1. The summed E-state index contributed by atoms with van der Waals surface area (Å²) >= 11 is 0. The third kappa shape index (κ3) is 4.44. The van der Waals surface area contributed by atoms with Crippen LogP contribution in [-0.4, -0.2) is 44.0 Å². The molecule has 6 nitrogen and oxygen atoms in total. The zero-order valence-corrected chi connectivity index (χ0v) is 16.5. The van der Waals surface area contributed by atoms with E-state index < -0.39 is 0 Å². The first-order valence-electron chi connectivity index (χ1n) is 9.40. The highest BCUT2D eigenvalue weighted by Gasteiger charge is 2.28. The second-order valence-electron chi connectivity index (χ2n) is 6.99. The van der Waals surface area contributed by atoms with Crippen molar-refractivity contribution in [2.24, 2.45) is 5.92 Å². The summed E-state index contributed by atoms with van der Waals surface area (Å²) in [6.07, 6.45) is 1.30. The van der Waals surface area contributed by atoms with E-state index in [2.05, 4.69) is 5.32 Å². The molecule has 0 spiro atoms. The number of nitrogens with one attached hydrogen (secondary N) is 1. The molecule has 28 heavy (non-hydrogen) atoms. The molecule has 1 heterocycles. The van der Waals surface area contributed by atoms with Gasteiger partial charge in [0.15, 0.2) is 11.5 Å². The SMILES string of the molecule is COc1ccc(NC(=O)C2CCN(C(=O)c3ccc(C)cc3)CC2)cc1OC. The number of piperidine rings is 1. The van der Waals surface area contributed by atoms with Crippen LogP contribution in [0, 0.1) is 12.8 Å². The number of carbonyl (C=O) groups excluding carboxylic acids is 2. The summed E-state index contributed by atoms with van der Waals surface area (Å²) < 4.78 is 10.5. The lowest BCUT2D eigenvalue weighted by molar-refractivity contribution is -0.121. The second kappa shape index (κ2) is 8.78. The molecular formula is C22H26N2O4. The van der Waals surface area contributed by atoms with Crippen molar-refractivity contribution in [2.75, 3.05) is 32.6 Å². The van der Waals surface area contributed by atoms with Crippen molar-refractivity contribution in [3.05, 3.63) is 53.6 Å². The molecule has 0 radical (unpaired) electrons. The number of amides is 2. The van der Waals surface area contributed by atoms with Crippen LogP contribution in [0.4, 0.5) is 5.69 Å². The topological polar surface area (TPSA) is 67.9 Å². The summed E-state index contributed by atoms with van der Waals surface area (Å²) in [6.45, 7) is 3.16. The van der Waals surface area contributed by atoms with Gasteiger partial charge in [0.25, 0.3) is 5.91 Å². The van der Waals surface area contributed by atoms with Crippen molar-refractivity contribution >= 4 is 17.5 Å². The first-order valence-corrected chi connectivity index (χ1v) is 9.40. The van der Waals surface area contributed by atoms with Crippen LogP contribution in [0.3, 0.4) is 0 Å². The maximum atomic E-state index is 12.6. The van der Waals surface area contributed by atoms with E-state index in [1.165, 1.54) is 0 Å². The molecule has 1 aliphatic heterocycles. The molecule has 3 rings (SSSR count). The average Bonchev–Trinajstić information content (AvgIpc) is 2.73. The fraction of sp³-hybridized carbons (Fsp3) is 0.364. The standard InChI is InChI=1S/C22H26N2O4/c1-15-4-6-17(7-5-15)22(26)24-12-10-16(11-13-24)21(25)23-18-8-9-19(27-2)20(14-18)28-3/h4-9,14,16H,10-13H2,1-3H3,(H,23,25). The normalized spacial score (nSPS) is 14.5. The maximum absolute atomic E-state index is 12.6. The van der Waals surface area contributed by atoms with Crippen LogP contribution in [0.5, 0.6) is 11.5 Å². The van der Waals surface area contributed by atoms with Gasteiger partial charge in [0, 0.05) is 36.3 Å². The second-order valence-corrected chi connectivity index (χ2v) is 6.99. The van der Waals surface area contributed by atoms with Crippen LogP contribution >= 0.6 is 0 Å². The van der Waals surface area contributed by atoms with Gasteiger partial charge in [-0.1, -0.05) is 17.7 Å². The lowest BCUT2D eigenvalue weighted by Crippen LogP contribution is -2.41. The van der Waals surface area contributed by atoms with Crippen molar-refractivity contribution in [3.63, 3.8) is 0 Å². The molecule has 1 saturated heterocycles. The highest BCUT2D eigenvalue weighted by molar-refractivity contribution is 5.95. The molecular weight excluding hydrogens is 356 g/mol. The van der Waals surface area contributed by atoms with E-state index in [-0.39, 0.29) is 17.7 Å². The minimum Gasteiger partial charge on any atom is -0.493 e. The summed E-state index contributed by atoms with van der Waals surface area (Å²) in [6, 6.07) is 12.9. The minimum atomic E-state index is -0.116. The molecule has 0 bridgehead atoms. The predicted molar refractivity (Wildman–Crippen MR) is 108 cm³/mol. The molecule has 0 saturated carbocycles. The highest BCUT2D eigenvalue weighted by Crippen LogP contribution is 2.30. The summed E-state index contributed by atoms with van der Waals surface area (Å²) in [5, 5.41) is 2.94. The molecule has 2 aromatic carbocycles. The maximum Gasteiger partial charge on any atom is 0.253 e. The van der Waals surface area contributed by atoms with E-state index in [1.54, 1.807) is 32.4 Å². The van der Waals surface area contributed by atoms with E-state index >= 15 is 0 Å². The molecule has 1 fully saturated rings. The van der Waals surface area contributed by atoms with Crippen LogP contribution in [0.15, 0.2) is 42.5 Å². The molecule has 148 valence electrons. The van der Waals surface area contributed by atoms with Crippen molar-refractivity contribution in [3.8, 4) is 11.5 Å². The zero-order chi connectivity index (χ0) is 20.1. The Hall–Kier alpha value is -3.02. The number of rotatable bonds is 5. The quantitative estimate of drug-likeness (QED) is 0.859. The summed E-state index contributed by atoms with van der Waals surface area (Å²) in [4.78, 5) is 27.1. The van der Waals surface area contributed by atoms with Crippen LogP contribution in [0.25, 0.3) is 0 Å². The number of anilines is 1. The third-order valence-corrected chi connectivity index (χ3v) is 5.10. The zero-order valence-electron chi connectivity index (χ0n) is 16.5. The van der Waals surface area contributed by atoms with Crippen LogP contribution in [0.2, 0.25) is 0 Å². The lowest BCUT2D eigenvalue weighted by atomic mass is 9.95. The van der Waals surface area contributed by atoms with Gasteiger partial charge in [-0.3, -0.25) is 9.59 Å². The van der Waals surface area contributed by atoms with Crippen LogP contribution < -0.4 is 14.8 Å². The van der Waals surface area contributed by atoms with E-state index in [4.69, 9.17) is 9.47 Å². The molecule has 1 N–H and O–H groups in total. The third-order valence-electron chi connectivity index (χ3n) is 5.10. The fourth-order valence-electron chi connectivity index (χ4n) is 3.38. The Bertz CT molecular complexity index is 840. The van der Waals surface area contributed by atoms with Crippen molar-refractivity contribution in [1.29, 1.82) is 0 Å². The Morgan fingerprint density at radius 1 is 0.964 bits per heavy atom. The molecule has 2 amide bonds. The Balaban J connectivity index is 1.56. The van der Waals surface area contributed by atoms with Gasteiger partial charge in [-0.25, -0.2) is 0 Å². The number of aryl methyl sites for hydroxylation is 1. The average molecular weight is 382 g/mol. The fourth-order valence-corrected chi connectivity index (χ4v) is 3.38. The molecule has 0 atom stereocenters. The first-order chi connectivity index (χ1) is 13.5. The number of ether oxygens (including phenoxy) is 2. The van der Waals surface area contributed by atoms with Gasteiger partial charge in [-0.05, 0) is 44.0 Å². The van der Waals surface area contributed by atoms with E-state index in [1.807, 2.05) is 36.1 Å². The molecule has 0 aliphatic carbocycles. The Labute approximate surface area is 165 Å². The summed E-state index contributed by atoms with van der Waals surface area (Å²) in [7, 11) is 3.13. The van der Waals surface area contributed by atoms with Crippen LogP contribution in [-0.2, 0) is 4.79 Å². The first kappa shape index (κ1) is 19.7. The highest BCUT2D eigenvalue weighted by atomic mass is 16.5. The van der Waals surface area contributed by atoms with Crippen molar-refractivity contribution < 1.29 is 19.1 Å². The van der Waals surface area contributed by atoms with Gasteiger partial charge in [-0.2, -0.15) is 0 Å². The van der Waals surface area contributed by atoms with Crippen molar-refractivity contribution in [2.45, 2.75) is 19.8 Å². The van der Waals surface area contributed by atoms with Crippen LogP contribution in [0.1, 0.15) is 28.8 Å². The number of hydrogen-bond acceptors (Lipinski definition) is 4. The predicted octanol–water partition coefficient (Wildman–Crippen LogP) is 3.50. The number of likely N-dealkylation sites (tertiary alicyclic amines) is 1. The molecule has 0 aromatic heterocycles. The van der Waals surface area contributed by atoms with Gasteiger partial charge in [0.05, 0.1) is 14.2 Å². The smallest absolute Gasteiger partial charge is 0.253 e. The number of methoxy groups -OCH3 is 2. The molecule has 6 heteroatoms. The van der Waals surface area contributed by atoms with E-state index in [0.29, 0.717) is 48.7 Å². The van der Waals surface area contributed by atoms with Gasteiger partial charge in [-0.15, -0.1) is 0 Å². The Morgan fingerprint density at radius 3 is 2.21 bits per heavy atom. The minimum absolute atomic E-state index is 0.0266. The van der Waals surface area contributed by atoms with Gasteiger partial charge in [0.2, 0.25) is 5.91 Å². The summed E-state index contributed by atoms with van der Waals surface area (Å²) in [5.74, 6) is 1.06. The molecule has 0 unspecified atom stereocenters. The van der Waals surface area contributed by atoms with Gasteiger partial charge >= 0.3 is 0 Å². The Morgan fingerprint density at radius 2 is 1.61 bits per heavy atom. The number of nitrogens with zero attached hydrogens (tertiary/aromatic N) is 1. The van der Waals surface area contributed by atoms with Gasteiger partial charge in [0.1, 0.15) is 0 Å². The molecule has 1 aliphatic rings. The monoisotopic (exact) mass is 382 g/mol. The largest absolute Gasteiger partial charge is 0.493 e. The summed E-state index contributed by atoms with van der Waals surface area (Å²) in [5.41, 5.74) is 2.49. The number of benzene rings is 2. The van der Waals surface area contributed by atoms with Crippen molar-refractivity contribution in [1.82, 2.24) is 4.90 Å². The lowest BCUT2D eigenvalue weighted by Gasteiger charge is -2.31. The van der Waals surface area contributed by atoms with Gasteiger partial charge < -0.3 is 19.7 Å². The van der Waals surface area contributed by atoms with E-state index in [0.717, 1.165) is 5.56 Å². The Kier molecular flexibility index (Phi) is 6.19.